The third kappa shape index (κ3) is 7.57. The van der Waals surface area contributed by atoms with Gasteiger partial charge in [-0.2, -0.15) is 26.4 Å². The fraction of sp³-hybridized carbons (Fsp3) is 0.235. The van der Waals surface area contributed by atoms with Crippen molar-refractivity contribution in [3.63, 3.8) is 0 Å². The van der Waals surface area contributed by atoms with Crippen LogP contribution in [0.3, 0.4) is 0 Å². The van der Waals surface area contributed by atoms with Crippen LogP contribution in [0.5, 0.6) is 5.75 Å². The minimum absolute atomic E-state index is 0.0206. The van der Waals surface area contributed by atoms with Gasteiger partial charge in [0.1, 0.15) is 5.82 Å². The van der Waals surface area contributed by atoms with Crippen LogP contribution in [-0.2, 0) is 16.7 Å². The van der Waals surface area contributed by atoms with Gasteiger partial charge in [-0.25, -0.2) is 4.39 Å². The molecule has 1 N–H and O–H groups in total. The maximum absolute atomic E-state index is 13.2. The van der Waals surface area contributed by atoms with E-state index in [4.69, 9.17) is 18.0 Å². The molecule has 0 atom stereocenters. The summed E-state index contributed by atoms with van der Waals surface area (Å²) in [6, 6.07) is 9.13. The van der Waals surface area contributed by atoms with E-state index in [2.05, 4.69) is 5.16 Å². The van der Waals surface area contributed by atoms with Gasteiger partial charge in [0, 0.05) is 5.56 Å². The molecule has 0 aliphatic rings. The van der Waals surface area contributed by atoms with E-state index in [1.165, 1.54) is 30.3 Å². The molecule has 0 saturated carbocycles. The van der Waals surface area contributed by atoms with Crippen LogP contribution in [0.4, 0.5) is 17.6 Å². The summed E-state index contributed by atoms with van der Waals surface area (Å²) in [5, 5.41) is 3.81. The molecule has 5 nitrogen and oxygen atoms in total. The van der Waals surface area contributed by atoms with E-state index in [0.29, 0.717) is 5.56 Å². The van der Waals surface area contributed by atoms with Gasteiger partial charge in [0.25, 0.3) is 0 Å². The van der Waals surface area contributed by atoms with Gasteiger partial charge in [0.2, 0.25) is 0 Å². The van der Waals surface area contributed by atoms with Gasteiger partial charge in [-0.1, -0.05) is 29.8 Å². The number of oxime groups is 1. The lowest BCUT2D eigenvalue weighted by Gasteiger charge is -2.14. The van der Waals surface area contributed by atoms with Gasteiger partial charge in [-0.15, -0.1) is 0 Å². The number of alkyl halides is 3. The highest BCUT2D eigenvalue weighted by Gasteiger charge is 2.34. The number of nitrogens with zero attached hydrogens (tertiary/aromatic N) is 1. The predicted molar refractivity (Wildman–Crippen MR) is 91.7 cm³/mol. The molecule has 2 aromatic carbocycles. The van der Waals surface area contributed by atoms with Gasteiger partial charge in [0.05, 0.1) is 11.3 Å². The summed E-state index contributed by atoms with van der Waals surface area (Å²) in [7, 11) is -2.61. The monoisotopic (exact) mass is 404 g/mol. The molecule has 0 aromatic heterocycles. The highest BCUT2D eigenvalue weighted by Crippen LogP contribution is 2.33. The second-order valence-electron chi connectivity index (χ2n) is 5.22. The first-order valence-electron chi connectivity index (χ1n) is 7.52. The Morgan fingerprint density at radius 2 is 1.70 bits per heavy atom. The van der Waals surface area contributed by atoms with Crippen molar-refractivity contribution in [2.45, 2.75) is 26.4 Å². The maximum Gasteiger partial charge on any atom is 0.417 e. The number of hydrogen-bond donors (Lipinski definition) is 1. The number of hydrogen-bond acceptors (Lipinski definition) is 5. The van der Waals surface area contributed by atoms with Gasteiger partial charge in [0.15, 0.2) is 5.75 Å². The molecule has 146 valence electrons. The van der Waals surface area contributed by atoms with Crippen LogP contribution in [0.1, 0.15) is 30.0 Å². The van der Waals surface area contributed by atoms with Crippen molar-refractivity contribution >= 4 is 16.2 Å². The van der Waals surface area contributed by atoms with E-state index in [9.17, 15) is 17.6 Å². The number of benzene rings is 2. The van der Waals surface area contributed by atoms with E-state index >= 15 is 0 Å². The lowest BCUT2D eigenvalue weighted by atomic mass is 9.99. The fourth-order valence-electron chi connectivity index (χ4n) is 2.05. The van der Waals surface area contributed by atoms with Crippen LogP contribution < -0.4 is 4.84 Å². The van der Waals surface area contributed by atoms with Crippen molar-refractivity contribution in [3.8, 4) is 5.75 Å². The molecular weight excluding hydrogens is 388 g/mol. The Balaban J connectivity index is 0.000000828. The standard InChI is InChI=1S/C17H15F4NO.HNO2S/c1-3-16(22-23-13-7-5-12(18)6-8-13)14-9-4-11(2)10-15(14)17(19,20)21;1-4(2)3/h4-10H,3H2,1-2H3;1H/b22-16+;. The summed E-state index contributed by atoms with van der Waals surface area (Å²) in [5.74, 6) is -0.187. The first kappa shape index (κ1) is 22.3. The molecule has 10 heteroatoms. The largest absolute Gasteiger partial charge is 0.417 e. The first-order valence-corrected chi connectivity index (χ1v) is 8.60. The summed E-state index contributed by atoms with van der Waals surface area (Å²) in [6.45, 7) is 3.28. The molecule has 0 saturated heterocycles. The van der Waals surface area contributed by atoms with Crippen molar-refractivity contribution in [3.05, 3.63) is 65.0 Å². The lowest BCUT2D eigenvalue weighted by Crippen LogP contribution is -2.14. The molecule has 0 radical (unpaired) electrons. The Morgan fingerprint density at radius 1 is 1.15 bits per heavy atom. The minimum atomic E-state index is -4.48. The average Bonchev–Trinajstić information content (AvgIpc) is 2.56. The molecule has 2 rings (SSSR count). The van der Waals surface area contributed by atoms with Crippen LogP contribution in [0.15, 0.2) is 47.6 Å². The molecule has 0 aliphatic carbocycles. The Bertz CT molecular complexity index is 902. The second kappa shape index (κ2) is 9.81. The van der Waals surface area contributed by atoms with E-state index in [-0.39, 0.29) is 23.4 Å². The van der Waals surface area contributed by atoms with E-state index < -0.39 is 28.1 Å². The molecule has 0 aliphatic heterocycles. The van der Waals surface area contributed by atoms with E-state index in [1.807, 2.05) is 0 Å². The summed E-state index contributed by atoms with van der Waals surface area (Å²) < 4.78 is 75.2. The van der Waals surface area contributed by atoms with Crippen LogP contribution >= 0.6 is 0 Å². The number of rotatable bonds is 4. The summed E-state index contributed by atoms with van der Waals surface area (Å²) >= 11 is 0. The zero-order chi connectivity index (χ0) is 20.6. The Morgan fingerprint density at radius 3 is 2.19 bits per heavy atom. The Hall–Kier alpha value is -2.75. The molecule has 2 aromatic rings. The van der Waals surface area contributed by atoms with Gasteiger partial charge in [-0.05, 0) is 43.7 Å². The van der Waals surface area contributed by atoms with Crippen LogP contribution in [0, 0.1) is 17.5 Å². The van der Waals surface area contributed by atoms with Gasteiger partial charge in [-0.3, -0.25) is 0 Å². The molecule has 0 unspecified atom stereocenters. The zero-order valence-corrected chi connectivity index (χ0v) is 15.2. The van der Waals surface area contributed by atoms with Crippen molar-refractivity contribution in [2.75, 3.05) is 0 Å². The third-order valence-corrected chi connectivity index (χ3v) is 3.20. The fourth-order valence-corrected chi connectivity index (χ4v) is 2.05. The molecule has 0 spiro atoms. The smallest absolute Gasteiger partial charge is 0.357 e. The van der Waals surface area contributed by atoms with Crippen molar-refractivity contribution < 1.29 is 30.8 Å². The summed E-state index contributed by atoms with van der Waals surface area (Å²) in [6.07, 6.45) is -4.22. The summed E-state index contributed by atoms with van der Waals surface area (Å²) in [4.78, 5) is 5.12. The van der Waals surface area contributed by atoms with Crippen LogP contribution in [0.2, 0.25) is 0 Å². The molecule has 0 heterocycles. The highest BCUT2D eigenvalue weighted by molar-refractivity contribution is 7.60. The molecular formula is C17H16F4N2O3S. The SMILES string of the molecule is CC/C(=N\Oc1ccc(F)cc1)c1ccc(C)cc1C(F)(F)F.N=S(=O)=O. The molecule has 0 bridgehead atoms. The number of aryl methyl sites for hydroxylation is 1. The van der Waals surface area contributed by atoms with Crippen molar-refractivity contribution in [1.29, 1.82) is 4.78 Å². The summed E-state index contributed by atoms with van der Waals surface area (Å²) in [5.41, 5.74) is -0.0915. The van der Waals surface area contributed by atoms with Crippen molar-refractivity contribution in [2.24, 2.45) is 5.16 Å². The maximum atomic E-state index is 13.2. The van der Waals surface area contributed by atoms with Crippen LogP contribution in [-0.4, -0.2) is 14.1 Å². The van der Waals surface area contributed by atoms with Gasteiger partial charge >= 0.3 is 16.7 Å². The number of nitrogens with one attached hydrogen (secondary N) is 1. The average molecular weight is 404 g/mol. The topological polar surface area (TPSA) is 79.6 Å². The predicted octanol–water partition coefficient (Wildman–Crippen LogP) is 4.97. The number of halogens is 4. The van der Waals surface area contributed by atoms with E-state index in [1.54, 1.807) is 19.9 Å². The van der Waals surface area contributed by atoms with Crippen LogP contribution in [0.25, 0.3) is 0 Å². The third-order valence-electron chi connectivity index (χ3n) is 3.20. The minimum Gasteiger partial charge on any atom is -0.357 e. The Kier molecular flexibility index (Phi) is 8.10. The molecule has 0 amide bonds. The van der Waals surface area contributed by atoms with E-state index in [0.717, 1.165) is 6.07 Å². The second-order valence-corrected chi connectivity index (χ2v) is 5.69. The first-order chi connectivity index (χ1) is 12.5. The van der Waals surface area contributed by atoms with Gasteiger partial charge < -0.3 is 4.84 Å². The normalized spacial score (nSPS) is 11.4. The molecule has 27 heavy (non-hydrogen) atoms. The lowest BCUT2D eigenvalue weighted by molar-refractivity contribution is -0.137. The molecule has 0 fully saturated rings. The van der Waals surface area contributed by atoms with Crippen molar-refractivity contribution in [1.82, 2.24) is 0 Å². The zero-order valence-electron chi connectivity index (χ0n) is 14.3. The highest BCUT2D eigenvalue weighted by atomic mass is 32.2. The quantitative estimate of drug-likeness (QED) is 0.444. The Labute approximate surface area is 154 Å².